The van der Waals surface area contributed by atoms with Gasteiger partial charge >= 0.3 is 5.97 Å². The maximum absolute atomic E-state index is 12.7. The molecule has 1 unspecified atom stereocenters. The van der Waals surface area contributed by atoms with Crippen molar-refractivity contribution >= 4 is 40.6 Å². The normalized spacial score (nSPS) is 13.2. The number of aromatic amines is 1. The summed E-state index contributed by atoms with van der Waals surface area (Å²) >= 11 is 1.86. The van der Waals surface area contributed by atoms with E-state index in [1.807, 2.05) is 22.9 Å². The molecule has 1 aromatic rings. The van der Waals surface area contributed by atoms with Crippen LogP contribution in [0.2, 0.25) is 0 Å². The van der Waals surface area contributed by atoms with Gasteiger partial charge in [0.2, 0.25) is 11.8 Å². The maximum atomic E-state index is 12.7. The topological polar surface area (TPSA) is 167 Å². The van der Waals surface area contributed by atoms with Crippen molar-refractivity contribution in [3.05, 3.63) is 18.2 Å². The van der Waals surface area contributed by atoms with Crippen molar-refractivity contribution < 1.29 is 19.5 Å². The molecular formula is C14H23IN6O4. The number of H-pyrrole nitrogens is 1. The molecule has 7 N–H and O–H groups in total. The Kier molecular flexibility index (Phi) is 9.55. The Labute approximate surface area is 159 Å². The number of hydrogen-bond donors (Lipinski definition) is 5. The van der Waals surface area contributed by atoms with E-state index in [1.54, 1.807) is 6.20 Å². The van der Waals surface area contributed by atoms with Gasteiger partial charge in [-0.25, -0.2) is 8.51 Å². The highest BCUT2D eigenvalue weighted by Crippen LogP contribution is 2.08. The van der Waals surface area contributed by atoms with E-state index < -0.39 is 24.0 Å². The molecule has 0 saturated heterocycles. The van der Waals surface area contributed by atoms with Crippen LogP contribution < -0.4 is 15.0 Å². The molecule has 0 bridgehead atoms. The number of carboxylic acid groups (broad SMARTS) is 1. The van der Waals surface area contributed by atoms with Crippen molar-refractivity contribution in [1.29, 1.82) is 0 Å². The van der Waals surface area contributed by atoms with Crippen LogP contribution in [0.1, 0.15) is 25.0 Å². The smallest absolute Gasteiger partial charge is 0.320 e. The van der Waals surface area contributed by atoms with Crippen LogP contribution in [0.5, 0.6) is 0 Å². The summed E-state index contributed by atoms with van der Waals surface area (Å²) in [5.41, 5.74) is 11.6. The number of imide groups is 1. The molecule has 25 heavy (non-hydrogen) atoms. The summed E-state index contributed by atoms with van der Waals surface area (Å²) < 4.78 is 2.86. The summed E-state index contributed by atoms with van der Waals surface area (Å²) in [6.45, 7) is -0.114. The summed E-state index contributed by atoms with van der Waals surface area (Å²) in [6, 6.07) is -1.56. The van der Waals surface area contributed by atoms with Gasteiger partial charge in [-0.05, 0) is 19.3 Å². The van der Waals surface area contributed by atoms with Gasteiger partial charge < -0.3 is 21.6 Å². The Balaban J connectivity index is 2.64. The Hall–Kier alpha value is -1.57. The number of hydrogen-bond acceptors (Lipinski definition) is 7. The molecule has 1 aromatic heterocycles. The minimum Gasteiger partial charge on any atom is -0.480 e. The van der Waals surface area contributed by atoms with E-state index in [9.17, 15) is 14.4 Å². The van der Waals surface area contributed by atoms with Gasteiger partial charge in [0.05, 0.1) is 12.9 Å². The van der Waals surface area contributed by atoms with Crippen LogP contribution in [0.15, 0.2) is 12.5 Å². The molecule has 0 fully saturated rings. The molecule has 11 heteroatoms. The Morgan fingerprint density at radius 2 is 2.12 bits per heavy atom. The van der Waals surface area contributed by atoms with E-state index in [0.717, 1.165) is 10.6 Å². The van der Waals surface area contributed by atoms with Crippen LogP contribution in [0.3, 0.4) is 0 Å². The highest BCUT2D eigenvalue weighted by Gasteiger charge is 2.28. The van der Waals surface area contributed by atoms with Crippen LogP contribution in [0.25, 0.3) is 0 Å². The molecule has 1 heterocycles. The van der Waals surface area contributed by atoms with E-state index in [1.165, 1.54) is 6.33 Å². The first-order valence-corrected chi connectivity index (χ1v) is 8.84. The number of rotatable bonds is 11. The van der Waals surface area contributed by atoms with E-state index in [4.69, 9.17) is 16.6 Å². The fourth-order valence-electron chi connectivity index (χ4n) is 2.20. The highest BCUT2D eigenvalue weighted by atomic mass is 127. The van der Waals surface area contributed by atoms with Gasteiger partial charge in [-0.15, -0.1) is 0 Å². The number of carbonyl (C=O) groups excluding carboxylic acids is 2. The van der Waals surface area contributed by atoms with Crippen molar-refractivity contribution in [2.24, 2.45) is 11.5 Å². The molecular weight excluding hydrogens is 443 g/mol. The molecule has 0 saturated carbocycles. The molecule has 2 amide bonds. The minimum absolute atomic E-state index is 0.166. The van der Waals surface area contributed by atoms with Gasteiger partial charge in [-0.2, -0.15) is 0 Å². The number of halogens is 1. The third-order valence-electron chi connectivity index (χ3n) is 3.61. The number of nitrogens with one attached hydrogen (secondary N) is 2. The zero-order chi connectivity index (χ0) is 18.8. The number of nitrogens with two attached hydrogens (primary N) is 2. The Morgan fingerprint density at radius 1 is 1.40 bits per heavy atom. The average Bonchev–Trinajstić information content (AvgIpc) is 3.11. The fraction of sp³-hybridized carbons (Fsp3) is 0.571. The summed E-state index contributed by atoms with van der Waals surface area (Å²) in [5.74, 6) is -1.93. The van der Waals surface area contributed by atoms with Gasteiger partial charge in [-0.1, -0.05) is 0 Å². The first kappa shape index (κ1) is 21.5. The average molecular weight is 466 g/mol. The number of imidazole rings is 1. The van der Waals surface area contributed by atoms with Crippen molar-refractivity contribution in [2.45, 2.75) is 37.8 Å². The van der Waals surface area contributed by atoms with Gasteiger partial charge in [-0.3, -0.25) is 19.3 Å². The molecule has 0 aliphatic rings. The molecule has 0 aromatic carbocycles. The molecule has 140 valence electrons. The monoisotopic (exact) mass is 466 g/mol. The SMILES string of the molecule is NCC(=O)N(CCCC[C@H](N)C(=O)O)C(=O)C(Cc1cnc[nH]1)NI. The van der Waals surface area contributed by atoms with Crippen LogP contribution in [-0.2, 0) is 20.8 Å². The zero-order valence-corrected chi connectivity index (χ0v) is 15.8. The maximum Gasteiger partial charge on any atom is 0.320 e. The number of carbonyl (C=O) groups is 3. The van der Waals surface area contributed by atoms with Crippen molar-refractivity contribution in [3.63, 3.8) is 0 Å². The first-order chi connectivity index (χ1) is 11.9. The van der Waals surface area contributed by atoms with Gasteiger partial charge in [0.15, 0.2) is 0 Å². The molecule has 0 aliphatic carbocycles. The quantitative estimate of drug-likeness (QED) is 0.160. The predicted molar refractivity (Wildman–Crippen MR) is 98.5 cm³/mol. The molecule has 0 spiro atoms. The van der Waals surface area contributed by atoms with Crippen LogP contribution in [-0.4, -0.2) is 62.9 Å². The lowest BCUT2D eigenvalue weighted by atomic mass is 10.1. The molecule has 2 atom stereocenters. The number of carboxylic acids is 1. The predicted octanol–water partition coefficient (Wildman–Crippen LogP) is -0.843. The largest absolute Gasteiger partial charge is 0.480 e. The third-order valence-corrected chi connectivity index (χ3v) is 4.37. The number of aromatic nitrogens is 2. The van der Waals surface area contributed by atoms with E-state index in [-0.39, 0.29) is 25.4 Å². The minimum atomic E-state index is -1.07. The third kappa shape index (κ3) is 7.05. The summed E-state index contributed by atoms with van der Waals surface area (Å²) in [6.07, 6.45) is 4.68. The molecule has 1 rings (SSSR count). The Morgan fingerprint density at radius 3 is 2.64 bits per heavy atom. The van der Waals surface area contributed by atoms with Crippen molar-refractivity contribution in [1.82, 2.24) is 18.4 Å². The second-order valence-electron chi connectivity index (χ2n) is 5.47. The van der Waals surface area contributed by atoms with Crippen LogP contribution in [0.4, 0.5) is 0 Å². The lowest BCUT2D eigenvalue weighted by Gasteiger charge is -2.25. The standard InChI is InChI=1S/C14H23IN6O4/c15-20-11(5-9-7-18-8-19-9)13(23)21(12(22)6-16)4-2-1-3-10(17)14(24)25/h7-8,10-11,20H,1-6,16-17H2,(H,18,19)(H,24,25)/t10-,11?/m0/s1. The summed E-state index contributed by atoms with van der Waals surface area (Å²) in [7, 11) is 0. The highest BCUT2D eigenvalue weighted by molar-refractivity contribution is 14.1. The van der Waals surface area contributed by atoms with Gasteiger partial charge in [0.25, 0.3) is 0 Å². The van der Waals surface area contributed by atoms with E-state index in [2.05, 4.69) is 13.5 Å². The van der Waals surface area contributed by atoms with Crippen LogP contribution in [0, 0.1) is 0 Å². The Bertz CT molecular complexity index is 568. The number of unbranched alkanes of at least 4 members (excludes halogenated alkanes) is 1. The second-order valence-corrected chi connectivity index (χ2v) is 6.09. The zero-order valence-electron chi connectivity index (χ0n) is 13.7. The second kappa shape index (κ2) is 11.1. The van der Waals surface area contributed by atoms with E-state index in [0.29, 0.717) is 19.3 Å². The van der Waals surface area contributed by atoms with Crippen molar-refractivity contribution in [3.8, 4) is 0 Å². The van der Waals surface area contributed by atoms with Crippen molar-refractivity contribution in [2.75, 3.05) is 13.1 Å². The number of nitrogens with zero attached hydrogens (tertiary/aromatic N) is 2. The van der Waals surface area contributed by atoms with Gasteiger partial charge in [0, 0.05) is 47.7 Å². The number of amides is 2. The fourth-order valence-corrected chi connectivity index (χ4v) is 2.69. The lowest BCUT2D eigenvalue weighted by molar-refractivity contribution is -0.145. The van der Waals surface area contributed by atoms with Gasteiger partial charge in [0.1, 0.15) is 12.1 Å². The van der Waals surface area contributed by atoms with E-state index >= 15 is 0 Å². The van der Waals surface area contributed by atoms with Crippen LogP contribution >= 0.6 is 22.9 Å². The lowest BCUT2D eigenvalue weighted by Crippen LogP contribution is -2.49. The molecule has 0 aliphatic heterocycles. The number of aliphatic carboxylic acids is 1. The first-order valence-electron chi connectivity index (χ1n) is 7.76. The summed E-state index contributed by atoms with van der Waals surface area (Å²) in [4.78, 5) is 43.3. The molecule has 0 radical (unpaired) electrons. The summed E-state index contributed by atoms with van der Waals surface area (Å²) in [5, 5.41) is 8.75. The molecule has 10 nitrogen and oxygen atoms in total.